The molecule has 21 heavy (non-hydrogen) atoms. The monoisotopic (exact) mass is 384 g/mol. The average molecular weight is 386 g/mol. The lowest BCUT2D eigenvalue weighted by atomic mass is 10.2. The summed E-state index contributed by atoms with van der Waals surface area (Å²) in [7, 11) is 3.24. The largest absolute Gasteiger partial charge is 0.497 e. The molecular weight excluding hydrogens is 376 g/mol. The summed E-state index contributed by atoms with van der Waals surface area (Å²) in [5.74, 6) is 2.06. The van der Waals surface area contributed by atoms with E-state index in [4.69, 9.17) is 21.1 Å². The minimum absolute atomic E-state index is 0.400. The van der Waals surface area contributed by atoms with Gasteiger partial charge < -0.3 is 9.47 Å². The van der Waals surface area contributed by atoms with E-state index in [9.17, 15) is 0 Å². The lowest BCUT2D eigenvalue weighted by molar-refractivity contribution is 0.415. The summed E-state index contributed by atoms with van der Waals surface area (Å²) in [4.78, 5) is 9.84. The molecule has 2 aromatic heterocycles. The number of fused-ring (bicyclic) bond motifs is 1. The molecule has 0 saturated carbocycles. The average Bonchev–Trinajstić information content (AvgIpc) is 2.95. The van der Waals surface area contributed by atoms with Gasteiger partial charge in [0.15, 0.2) is 5.82 Å². The van der Waals surface area contributed by atoms with Crippen LogP contribution in [0.1, 0.15) is 0 Å². The number of aromatic nitrogens is 2. The van der Waals surface area contributed by atoms with Crippen LogP contribution in [0.15, 0.2) is 28.1 Å². The first-order chi connectivity index (χ1) is 10.1. The van der Waals surface area contributed by atoms with Gasteiger partial charge >= 0.3 is 0 Å². The third-order valence-corrected chi connectivity index (χ3v) is 4.75. The molecule has 0 N–H and O–H groups in total. The molecule has 0 atom stereocenters. The van der Waals surface area contributed by atoms with Crippen LogP contribution in [0.2, 0.25) is 5.15 Å². The molecule has 0 radical (unpaired) electrons. The van der Waals surface area contributed by atoms with Crippen LogP contribution in [-0.4, -0.2) is 24.2 Å². The fourth-order valence-electron chi connectivity index (χ4n) is 1.92. The predicted octanol–water partition coefficient (Wildman–Crippen LogP) is 4.79. The number of hydrogen-bond acceptors (Lipinski definition) is 5. The Bertz CT molecular complexity index is 822. The van der Waals surface area contributed by atoms with Crippen LogP contribution < -0.4 is 9.47 Å². The molecule has 3 rings (SSSR count). The van der Waals surface area contributed by atoms with E-state index in [1.807, 2.05) is 23.6 Å². The van der Waals surface area contributed by atoms with Crippen molar-refractivity contribution in [1.82, 2.24) is 9.97 Å². The van der Waals surface area contributed by atoms with Gasteiger partial charge in [0.1, 0.15) is 16.7 Å². The molecular formula is C14H10BrClN2O2S. The summed E-state index contributed by atoms with van der Waals surface area (Å²) in [6, 6.07) is 5.56. The van der Waals surface area contributed by atoms with Crippen molar-refractivity contribution in [3.8, 4) is 22.2 Å². The highest BCUT2D eigenvalue weighted by Gasteiger charge is 2.14. The van der Waals surface area contributed by atoms with Crippen LogP contribution in [0.4, 0.5) is 0 Å². The molecule has 0 bridgehead atoms. The smallest absolute Gasteiger partial charge is 0.171 e. The molecule has 108 valence electrons. The Kier molecular flexibility index (Phi) is 4.01. The highest BCUT2D eigenvalue weighted by atomic mass is 79.9. The number of halogens is 2. The van der Waals surface area contributed by atoms with Gasteiger partial charge in [-0.05, 0) is 22.0 Å². The molecule has 0 amide bonds. The van der Waals surface area contributed by atoms with Gasteiger partial charge in [0.05, 0.1) is 30.0 Å². The molecule has 1 aromatic carbocycles. The second kappa shape index (κ2) is 5.79. The second-order valence-electron chi connectivity index (χ2n) is 4.19. The molecule has 0 spiro atoms. The van der Waals surface area contributed by atoms with E-state index in [-0.39, 0.29) is 0 Å². The number of thiophene rings is 1. The zero-order valence-corrected chi connectivity index (χ0v) is 14.3. The minimum Gasteiger partial charge on any atom is -0.497 e. The Morgan fingerprint density at radius 3 is 2.52 bits per heavy atom. The van der Waals surface area contributed by atoms with E-state index in [2.05, 4.69) is 25.9 Å². The standard InChI is InChI=1S/C14H10BrClN2O2S/c1-19-7-3-9(15)12-10(4-7)17-14(18-13(12)16)11-5-8(20-2)6-21-11/h3-6H,1-2H3. The minimum atomic E-state index is 0.400. The molecule has 0 aliphatic heterocycles. The number of hydrogen-bond donors (Lipinski definition) is 0. The molecule has 4 nitrogen and oxygen atoms in total. The molecule has 0 aliphatic rings. The Balaban J connectivity index is 2.21. The van der Waals surface area contributed by atoms with Crippen molar-refractivity contribution in [3.05, 3.63) is 33.2 Å². The number of methoxy groups -OCH3 is 2. The number of nitrogens with zero attached hydrogens (tertiary/aromatic N) is 2. The Labute approximate surface area is 138 Å². The molecule has 3 aromatic rings. The lowest BCUT2D eigenvalue weighted by Gasteiger charge is -2.07. The van der Waals surface area contributed by atoms with Gasteiger partial charge in [0.25, 0.3) is 0 Å². The Morgan fingerprint density at radius 2 is 1.86 bits per heavy atom. The summed E-state index contributed by atoms with van der Waals surface area (Å²) in [6.45, 7) is 0. The van der Waals surface area contributed by atoms with E-state index in [1.165, 1.54) is 11.3 Å². The molecule has 0 saturated heterocycles. The molecule has 0 unspecified atom stereocenters. The van der Waals surface area contributed by atoms with Crippen molar-refractivity contribution >= 4 is 49.8 Å². The Hall–Kier alpha value is -1.37. The maximum absolute atomic E-state index is 6.31. The van der Waals surface area contributed by atoms with E-state index in [0.29, 0.717) is 16.7 Å². The third-order valence-electron chi connectivity index (χ3n) is 2.95. The highest BCUT2D eigenvalue weighted by molar-refractivity contribution is 9.10. The van der Waals surface area contributed by atoms with E-state index in [1.54, 1.807) is 14.2 Å². The zero-order valence-electron chi connectivity index (χ0n) is 11.2. The zero-order chi connectivity index (χ0) is 15.0. The van der Waals surface area contributed by atoms with Crippen molar-refractivity contribution in [2.24, 2.45) is 0 Å². The van der Waals surface area contributed by atoms with Gasteiger partial charge in [-0.3, -0.25) is 0 Å². The van der Waals surface area contributed by atoms with Crippen LogP contribution in [-0.2, 0) is 0 Å². The van der Waals surface area contributed by atoms with Crippen molar-refractivity contribution in [1.29, 1.82) is 0 Å². The number of ether oxygens (including phenoxy) is 2. The summed E-state index contributed by atoms with van der Waals surface area (Å²) in [5, 5.41) is 3.07. The van der Waals surface area contributed by atoms with Crippen LogP contribution in [0.25, 0.3) is 21.6 Å². The van der Waals surface area contributed by atoms with E-state index in [0.717, 1.165) is 26.0 Å². The second-order valence-corrected chi connectivity index (χ2v) is 6.32. The van der Waals surface area contributed by atoms with Crippen molar-refractivity contribution in [3.63, 3.8) is 0 Å². The van der Waals surface area contributed by atoms with Gasteiger partial charge in [-0.1, -0.05) is 11.6 Å². The lowest BCUT2D eigenvalue weighted by Crippen LogP contribution is -1.92. The first kappa shape index (κ1) is 14.6. The summed E-state index contributed by atoms with van der Waals surface area (Å²) < 4.78 is 11.2. The van der Waals surface area contributed by atoms with Crippen LogP contribution >= 0.6 is 38.9 Å². The van der Waals surface area contributed by atoms with E-state index >= 15 is 0 Å². The molecule has 0 fully saturated rings. The molecule has 2 heterocycles. The maximum atomic E-state index is 6.31. The number of benzene rings is 1. The Morgan fingerprint density at radius 1 is 1.10 bits per heavy atom. The molecule has 0 aliphatic carbocycles. The first-order valence-electron chi connectivity index (χ1n) is 5.96. The highest BCUT2D eigenvalue weighted by Crippen LogP contribution is 2.36. The SMILES string of the molecule is COc1csc(-c2nc(Cl)c3c(Br)cc(OC)cc3n2)c1. The van der Waals surface area contributed by atoms with Gasteiger partial charge in [-0.25, -0.2) is 9.97 Å². The summed E-state index contributed by atoms with van der Waals surface area (Å²) >= 11 is 11.3. The fourth-order valence-corrected chi connectivity index (χ4v) is 3.72. The van der Waals surface area contributed by atoms with Crippen molar-refractivity contribution < 1.29 is 9.47 Å². The third kappa shape index (κ3) is 2.71. The van der Waals surface area contributed by atoms with Gasteiger partial charge in [0.2, 0.25) is 0 Å². The van der Waals surface area contributed by atoms with Crippen molar-refractivity contribution in [2.45, 2.75) is 0 Å². The topological polar surface area (TPSA) is 44.2 Å². The molecule has 7 heteroatoms. The predicted molar refractivity (Wildman–Crippen MR) is 88.7 cm³/mol. The van der Waals surface area contributed by atoms with E-state index < -0.39 is 0 Å². The van der Waals surface area contributed by atoms with Crippen LogP contribution in [0.3, 0.4) is 0 Å². The van der Waals surface area contributed by atoms with Crippen LogP contribution in [0, 0.1) is 0 Å². The van der Waals surface area contributed by atoms with Gasteiger partial charge in [0, 0.05) is 22.0 Å². The van der Waals surface area contributed by atoms with Crippen molar-refractivity contribution in [2.75, 3.05) is 14.2 Å². The maximum Gasteiger partial charge on any atom is 0.171 e. The van der Waals surface area contributed by atoms with Gasteiger partial charge in [-0.2, -0.15) is 0 Å². The fraction of sp³-hybridized carbons (Fsp3) is 0.143. The summed E-state index contributed by atoms with van der Waals surface area (Å²) in [6.07, 6.45) is 0. The number of rotatable bonds is 3. The van der Waals surface area contributed by atoms with Crippen LogP contribution in [0.5, 0.6) is 11.5 Å². The first-order valence-corrected chi connectivity index (χ1v) is 8.01. The van der Waals surface area contributed by atoms with Gasteiger partial charge in [-0.15, -0.1) is 11.3 Å². The summed E-state index contributed by atoms with van der Waals surface area (Å²) in [5.41, 5.74) is 0.726. The quantitative estimate of drug-likeness (QED) is 0.608. The normalized spacial score (nSPS) is 10.9.